The molecule has 0 aliphatic carbocycles. The molecule has 6 nitrogen and oxygen atoms in total. The molecule has 2 rings (SSSR count). The van der Waals surface area contributed by atoms with Gasteiger partial charge in [0.05, 0.1) is 22.6 Å². The fourth-order valence-corrected chi connectivity index (χ4v) is 1.73. The van der Waals surface area contributed by atoms with E-state index in [-0.39, 0.29) is 22.9 Å². The number of anilines is 1. The van der Waals surface area contributed by atoms with Crippen LogP contribution in [0.3, 0.4) is 0 Å². The van der Waals surface area contributed by atoms with E-state index in [2.05, 4.69) is 10.3 Å². The van der Waals surface area contributed by atoms with Gasteiger partial charge in [-0.25, -0.2) is 9.37 Å². The van der Waals surface area contributed by atoms with E-state index in [0.717, 1.165) is 6.07 Å². The zero-order chi connectivity index (χ0) is 14.0. The van der Waals surface area contributed by atoms with Gasteiger partial charge in [0.15, 0.2) is 0 Å². The van der Waals surface area contributed by atoms with Gasteiger partial charge in [-0.1, -0.05) is 11.6 Å². The van der Waals surface area contributed by atoms with Crippen LogP contribution < -0.4 is 5.32 Å². The van der Waals surface area contributed by atoms with Gasteiger partial charge in [0, 0.05) is 19.4 Å². The number of hydrogen-bond acceptors (Lipinski definition) is 4. The fraction of sp³-hybridized carbons (Fsp3) is 0.182. The number of rotatable bonds is 4. The third kappa shape index (κ3) is 2.82. The van der Waals surface area contributed by atoms with Gasteiger partial charge in [-0.3, -0.25) is 10.1 Å². The fourth-order valence-electron chi connectivity index (χ4n) is 1.57. The average Bonchev–Trinajstić information content (AvgIpc) is 2.75. The van der Waals surface area contributed by atoms with Crippen molar-refractivity contribution >= 4 is 23.0 Å². The van der Waals surface area contributed by atoms with Gasteiger partial charge in [-0.15, -0.1) is 0 Å². The Bertz CT molecular complexity index is 629. The van der Waals surface area contributed by atoms with Gasteiger partial charge in [0.2, 0.25) is 0 Å². The number of benzene rings is 1. The highest BCUT2D eigenvalue weighted by Crippen LogP contribution is 2.30. The first-order valence-electron chi connectivity index (χ1n) is 5.32. The summed E-state index contributed by atoms with van der Waals surface area (Å²) >= 11 is 5.62. The molecule has 0 saturated carbocycles. The van der Waals surface area contributed by atoms with Crippen molar-refractivity contribution in [2.75, 3.05) is 5.32 Å². The lowest BCUT2D eigenvalue weighted by molar-refractivity contribution is -0.384. The smallest absolute Gasteiger partial charge is 0.295 e. The Labute approximate surface area is 113 Å². The number of imidazole rings is 1. The molecular formula is C11H10ClFN4O2. The van der Waals surface area contributed by atoms with Gasteiger partial charge in [-0.05, 0) is 6.07 Å². The molecule has 8 heteroatoms. The Morgan fingerprint density at radius 2 is 2.32 bits per heavy atom. The molecule has 0 unspecified atom stereocenters. The van der Waals surface area contributed by atoms with Crippen molar-refractivity contribution in [3.05, 3.63) is 51.3 Å². The first-order chi connectivity index (χ1) is 8.99. The maximum absolute atomic E-state index is 13.2. The predicted molar refractivity (Wildman–Crippen MR) is 68.6 cm³/mol. The first-order valence-corrected chi connectivity index (χ1v) is 5.70. The van der Waals surface area contributed by atoms with E-state index in [4.69, 9.17) is 11.6 Å². The topological polar surface area (TPSA) is 73.0 Å². The van der Waals surface area contributed by atoms with Gasteiger partial charge >= 0.3 is 0 Å². The van der Waals surface area contributed by atoms with Crippen LogP contribution in [0.15, 0.2) is 24.5 Å². The normalized spacial score (nSPS) is 10.5. The van der Waals surface area contributed by atoms with Crippen LogP contribution in [0.4, 0.5) is 15.8 Å². The molecule has 19 heavy (non-hydrogen) atoms. The van der Waals surface area contributed by atoms with Crippen LogP contribution in [-0.2, 0) is 13.6 Å². The Balaban J connectivity index is 2.26. The summed E-state index contributed by atoms with van der Waals surface area (Å²) in [6.45, 7) is 0.270. The molecule has 0 bridgehead atoms. The Morgan fingerprint density at radius 1 is 1.58 bits per heavy atom. The van der Waals surface area contributed by atoms with Crippen LogP contribution in [-0.4, -0.2) is 14.5 Å². The van der Waals surface area contributed by atoms with Crippen molar-refractivity contribution in [1.82, 2.24) is 9.55 Å². The van der Waals surface area contributed by atoms with Crippen LogP contribution in [0, 0.1) is 15.9 Å². The van der Waals surface area contributed by atoms with Crippen molar-refractivity contribution in [2.24, 2.45) is 7.05 Å². The number of nitrogens with one attached hydrogen (secondary N) is 1. The summed E-state index contributed by atoms with van der Waals surface area (Å²) in [7, 11) is 1.80. The quantitative estimate of drug-likeness (QED) is 0.692. The van der Waals surface area contributed by atoms with Gasteiger partial charge in [0.1, 0.15) is 17.3 Å². The number of aromatic nitrogens is 2. The molecule has 0 amide bonds. The zero-order valence-electron chi connectivity index (χ0n) is 9.93. The van der Waals surface area contributed by atoms with Crippen molar-refractivity contribution in [2.45, 2.75) is 6.54 Å². The molecule has 0 radical (unpaired) electrons. The van der Waals surface area contributed by atoms with Crippen LogP contribution in [0.1, 0.15) is 5.82 Å². The molecule has 1 aromatic heterocycles. The summed E-state index contributed by atoms with van der Waals surface area (Å²) in [6, 6.07) is 1.99. The summed E-state index contributed by atoms with van der Waals surface area (Å²) in [5.74, 6) is -0.134. The summed E-state index contributed by atoms with van der Waals surface area (Å²) in [5, 5.41) is 13.5. The molecule has 1 aromatic carbocycles. The third-order valence-corrected chi connectivity index (χ3v) is 2.88. The van der Waals surface area contributed by atoms with E-state index in [1.54, 1.807) is 24.0 Å². The van der Waals surface area contributed by atoms with Crippen molar-refractivity contribution in [3.63, 3.8) is 0 Å². The monoisotopic (exact) mass is 284 g/mol. The third-order valence-electron chi connectivity index (χ3n) is 2.59. The van der Waals surface area contributed by atoms with Gasteiger partial charge in [0.25, 0.3) is 5.69 Å². The Morgan fingerprint density at radius 3 is 2.89 bits per heavy atom. The molecule has 0 saturated heterocycles. The van der Waals surface area contributed by atoms with E-state index >= 15 is 0 Å². The minimum atomic E-state index is -0.823. The largest absolute Gasteiger partial charge is 0.372 e. The summed E-state index contributed by atoms with van der Waals surface area (Å²) in [6.07, 6.45) is 3.37. The highest BCUT2D eigenvalue weighted by molar-refractivity contribution is 6.31. The van der Waals surface area contributed by atoms with E-state index in [1.165, 1.54) is 6.07 Å². The maximum atomic E-state index is 13.2. The number of aryl methyl sites for hydroxylation is 1. The highest BCUT2D eigenvalue weighted by Gasteiger charge is 2.17. The molecule has 2 aromatic rings. The van der Waals surface area contributed by atoms with E-state index in [1.807, 2.05) is 0 Å². The minimum Gasteiger partial charge on any atom is -0.372 e. The van der Waals surface area contributed by atoms with Gasteiger partial charge in [-0.2, -0.15) is 0 Å². The standard InChI is InChI=1S/C11H10ClFN4O2/c1-16-3-2-14-11(16)6-15-9-4-7(12)8(13)5-10(9)17(18)19/h2-5,15H,6H2,1H3. The van der Waals surface area contributed by atoms with Crippen LogP contribution >= 0.6 is 11.6 Å². The summed E-state index contributed by atoms with van der Waals surface area (Å²) in [4.78, 5) is 14.3. The van der Waals surface area contributed by atoms with Crippen LogP contribution in [0.2, 0.25) is 5.02 Å². The van der Waals surface area contributed by atoms with Gasteiger partial charge < -0.3 is 9.88 Å². The molecule has 1 N–H and O–H groups in total. The second-order valence-electron chi connectivity index (χ2n) is 3.85. The lowest BCUT2D eigenvalue weighted by Crippen LogP contribution is -2.07. The number of nitro benzene ring substituents is 1. The summed E-state index contributed by atoms with van der Waals surface area (Å²) in [5.41, 5.74) is -0.212. The molecule has 0 fully saturated rings. The second-order valence-corrected chi connectivity index (χ2v) is 4.26. The first kappa shape index (κ1) is 13.3. The van der Waals surface area contributed by atoms with Crippen molar-refractivity contribution < 1.29 is 9.31 Å². The lowest BCUT2D eigenvalue weighted by atomic mass is 10.2. The van der Waals surface area contributed by atoms with E-state index in [9.17, 15) is 14.5 Å². The number of hydrogen-bond donors (Lipinski definition) is 1. The molecule has 100 valence electrons. The second kappa shape index (κ2) is 5.23. The Kier molecular flexibility index (Phi) is 3.66. The van der Waals surface area contributed by atoms with Crippen molar-refractivity contribution in [1.29, 1.82) is 0 Å². The van der Waals surface area contributed by atoms with Crippen molar-refractivity contribution in [3.8, 4) is 0 Å². The van der Waals surface area contributed by atoms with E-state index < -0.39 is 10.7 Å². The summed E-state index contributed by atoms with van der Waals surface area (Å²) < 4.78 is 15.0. The Hall–Kier alpha value is -2.15. The highest BCUT2D eigenvalue weighted by atomic mass is 35.5. The SMILES string of the molecule is Cn1ccnc1CNc1cc(Cl)c(F)cc1[N+](=O)[O-]. The minimum absolute atomic E-state index is 0.152. The molecule has 1 heterocycles. The molecule has 0 spiro atoms. The van der Waals surface area contributed by atoms with E-state index in [0.29, 0.717) is 5.82 Å². The number of halogens is 2. The molecular weight excluding hydrogens is 275 g/mol. The molecule has 0 atom stereocenters. The van der Waals surface area contributed by atoms with Crippen LogP contribution in [0.25, 0.3) is 0 Å². The average molecular weight is 285 g/mol. The lowest BCUT2D eigenvalue weighted by Gasteiger charge is -2.08. The van der Waals surface area contributed by atoms with Crippen LogP contribution in [0.5, 0.6) is 0 Å². The molecule has 0 aliphatic rings. The maximum Gasteiger partial charge on any atom is 0.295 e. The predicted octanol–water partition coefficient (Wildman–Crippen LogP) is 2.73. The zero-order valence-corrected chi connectivity index (χ0v) is 10.7. The number of nitrogens with zero attached hydrogens (tertiary/aromatic N) is 3. The molecule has 0 aliphatic heterocycles. The number of nitro groups is 1.